The first-order valence-corrected chi connectivity index (χ1v) is 7.50. The van der Waals surface area contributed by atoms with Gasteiger partial charge in [0.05, 0.1) is 30.4 Å². The van der Waals surface area contributed by atoms with Crippen molar-refractivity contribution >= 4 is 0 Å². The van der Waals surface area contributed by atoms with Crippen LogP contribution >= 0.6 is 0 Å². The molecule has 21 heavy (non-hydrogen) atoms. The molecule has 0 saturated carbocycles. The van der Waals surface area contributed by atoms with E-state index in [9.17, 15) is 0 Å². The third-order valence-electron chi connectivity index (χ3n) is 3.52. The molecule has 0 N–H and O–H groups in total. The van der Waals surface area contributed by atoms with E-state index < -0.39 is 0 Å². The summed E-state index contributed by atoms with van der Waals surface area (Å²) >= 11 is 0. The van der Waals surface area contributed by atoms with Crippen LogP contribution in [-0.2, 0) is 21.6 Å². The number of nitrogens with zero attached hydrogens (tertiary/aromatic N) is 4. The lowest BCUT2D eigenvalue weighted by atomic mass is 10.1. The average molecular weight is 296 g/mol. The predicted molar refractivity (Wildman–Crippen MR) is 81.1 cm³/mol. The Balaban J connectivity index is 2.10. The Hall–Kier alpha value is -0.980. The van der Waals surface area contributed by atoms with E-state index in [0.717, 1.165) is 25.5 Å². The van der Waals surface area contributed by atoms with Gasteiger partial charge in [-0.25, -0.2) is 9.67 Å². The second kappa shape index (κ2) is 6.02. The Morgan fingerprint density at radius 3 is 2.76 bits per heavy atom. The van der Waals surface area contributed by atoms with Crippen molar-refractivity contribution in [2.75, 3.05) is 26.8 Å². The van der Waals surface area contributed by atoms with Crippen LogP contribution in [0.2, 0.25) is 0 Å². The van der Waals surface area contributed by atoms with E-state index in [2.05, 4.69) is 49.6 Å². The van der Waals surface area contributed by atoms with Crippen LogP contribution < -0.4 is 0 Å². The third-order valence-corrected chi connectivity index (χ3v) is 3.52. The van der Waals surface area contributed by atoms with Crippen LogP contribution in [0, 0.1) is 0 Å². The zero-order chi connectivity index (χ0) is 15.7. The second-order valence-corrected chi connectivity index (χ2v) is 7.38. The zero-order valence-electron chi connectivity index (χ0n) is 14.1. The highest BCUT2D eigenvalue weighted by Crippen LogP contribution is 2.23. The molecule has 6 heteroatoms. The van der Waals surface area contributed by atoms with Crippen LogP contribution in [0.5, 0.6) is 0 Å². The molecule has 1 aliphatic rings. The van der Waals surface area contributed by atoms with Crippen molar-refractivity contribution in [1.82, 2.24) is 19.7 Å². The first-order chi connectivity index (χ1) is 9.71. The predicted octanol–water partition coefficient (Wildman–Crippen LogP) is 1.66. The van der Waals surface area contributed by atoms with Crippen molar-refractivity contribution in [3.8, 4) is 0 Å². The summed E-state index contributed by atoms with van der Waals surface area (Å²) in [6, 6.07) is 0. The minimum Gasteiger partial charge on any atom is -0.382 e. The number of methoxy groups -OCH3 is 1. The molecule has 0 bridgehead atoms. The molecule has 1 atom stereocenters. The van der Waals surface area contributed by atoms with E-state index in [0.29, 0.717) is 6.61 Å². The lowest BCUT2D eigenvalue weighted by Gasteiger charge is -2.42. The van der Waals surface area contributed by atoms with Crippen molar-refractivity contribution < 1.29 is 9.47 Å². The van der Waals surface area contributed by atoms with E-state index in [1.807, 2.05) is 4.68 Å². The number of hydrogen-bond donors (Lipinski definition) is 0. The summed E-state index contributed by atoms with van der Waals surface area (Å²) in [5, 5.41) is 4.37. The molecule has 120 valence electrons. The molecule has 0 spiro atoms. The summed E-state index contributed by atoms with van der Waals surface area (Å²) in [5.74, 6) is 0.997. The molecular weight excluding hydrogens is 268 g/mol. The normalized spacial score (nSPS) is 23.4. The van der Waals surface area contributed by atoms with Crippen molar-refractivity contribution in [3.05, 3.63) is 12.2 Å². The van der Waals surface area contributed by atoms with Crippen LogP contribution in [0.1, 0.15) is 40.4 Å². The van der Waals surface area contributed by atoms with Crippen LogP contribution in [-0.4, -0.2) is 58.2 Å². The maximum absolute atomic E-state index is 6.05. The van der Waals surface area contributed by atoms with Crippen molar-refractivity contribution in [3.63, 3.8) is 0 Å². The smallest absolute Gasteiger partial charge is 0.141 e. The SMILES string of the molecule is COCC1CN(Cc2ncnn2C(C)(C)C)CC(C)(C)O1. The van der Waals surface area contributed by atoms with E-state index in [1.165, 1.54) is 0 Å². The van der Waals surface area contributed by atoms with Gasteiger partial charge in [-0.2, -0.15) is 5.10 Å². The minimum atomic E-state index is -0.173. The van der Waals surface area contributed by atoms with Crippen molar-refractivity contribution in [2.45, 2.75) is 58.4 Å². The van der Waals surface area contributed by atoms with Crippen LogP contribution in [0.3, 0.4) is 0 Å². The summed E-state index contributed by atoms with van der Waals surface area (Å²) in [7, 11) is 1.71. The molecule has 0 amide bonds. The van der Waals surface area contributed by atoms with Crippen LogP contribution in [0.4, 0.5) is 0 Å². The lowest BCUT2D eigenvalue weighted by Crippen LogP contribution is -2.53. The Bertz CT molecular complexity index is 464. The third kappa shape index (κ3) is 4.25. The topological polar surface area (TPSA) is 52.4 Å². The van der Waals surface area contributed by atoms with E-state index in [4.69, 9.17) is 9.47 Å². The Morgan fingerprint density at radius 2 is 2.14 bits per heavy atom. The Kier molecular flexibility index (Phi) is 4.70. The molecule has 1 unspecified atom stereocenters. The maximum Gasteiger partial charge on any atom is 0.141 e. The van der Waals surface area contributed by atoms with Crippen LogP contribution in [0.15, 0.2) is 6.33 Å². The number of ether oxygens (including phenoxy) is 2. The van der Waals surface area contributed by atoms with Gasteiger partial charge in [0.25, 0.3) is 0 Å². The van der Waals surface area contributed by atoms with Gasteiger partial charge >= 0.3 is 0 Å². The van der Waals surface area contributed by atoms with Gasteiger partial charge in [-0.05, 0) is 34.6 Å². The molecule has 1 aliphatic heterocycles. The molecule has 0 aromatic carbocycles. The molecule has 2 heterocycles. The van der Waals surface area contributed by atoms with Gasteiger partial charge in [0, 0.05) is 20.2 Å². The van der Waals surface area contributed by atoms with Crippen molar-refractivity contribution in [2.24, 2.45) is 0 Å². The molecule has 1 fully saturated rings. The number of morpholine rings is 1. The largest absolute Gasteiger partial charge is 0.382 e. The maximum atomic E-state index is 6.05. The van der Waals surface area contributed by atoms with E-state index in [1.54, 1.807) is 13.4 Å². The average Bonchev–Trinajstić information content (AvgIpc) is 2.74. The molecule has 2 rings (SSSR count). The fourth-order valence-electron chi connectivity index (χ4n) is 2.94. The highest BCUT2D eigenvalue weighted by atomic mass is 16.5. The lowest BCUT2D eigenvalue weighted by molar-refractivity contribution is -0.154. The fraction of sp³-hybridized carbons (Fsp3) is 0.867. The molecule has 0 radical (unpaired) electrons. The monoisotopic (exact) mass is 296 g/mol. The molecule has 0 aliphatic carbocycles. The van der Waals surface area contributed by atoms with E-state index >= 15 is 0 Å². The minimum absolute atomic E-state index is 0.0560. The van der Waals surface area contributed by atoms with Crippen LogP contribution in [0.25, 0.3) is 0 Å². The summed E-state index contributed by atoms with van der Waals surface area (Å²) < 4.78 is 13.3. The van der Waals surface area contributed by atoms with Gasteiger partial charge in [-0.1, -0.05) is 0 Å². The number of hydrogen-bond acceptors (Lipinski definition) is 5. The zero-order valence-corrected chi connectivity index (χ0v) is 14.1. The van der Waals surface area contributed by atoms with Crippen molar-refractivity contribution in [1.29, 1.82) is 0 Å². The van der Waals surface area contributed by atoms with E-state index in [-0.39, 0.29) is 17.2 Å². The Morgan fingerprint density at radius 1 is 1.43 bits per heavy atom. The first-order valence-electron chi connectivity index (χ1n) is 7.50. The second-order valence-electron chi connectivity index (χ2n) is 7.38. The van der Waals surface area contributed by atoms with Gasteiger partial charge in [0.2, 0.25) is 0 Å². The van der Waals surface area contributed by atoms with Gasteiger partial charge in [0.1, 0.15) is 12.2 Å². The van der Waals surface area contributed by atoms with Gasteiger partial charge in [0.15, 0.2) is 0 Å². The van der Waals surface area contributed by atoms with Gasteiger partial charge in [-0.3, -0.25) is 4.90 Å². The molecule has 1 aromatic heterocycles. The fourth-order valence-corrected chi connectivity index (χ4v) is 2.94. The molecular formula is C15H28N4O2. The van der Waals surface area contributed by atoms with Gasteiger partial charge < -0.3 is 9.47 Å². The highest BCUT2D eigenvalue weighted by molar-refractivity contribution is 4.93. The van der Waals surface area contributed by atoms with Gasteiger partial charge in [-0.15, -0.1) is 0 Å². The summed E-state index contributed by atoms with van der Waals surface area (Å²) in [6.07, 6.45) is 1.74. The molecule has 1 saturated heterocycles. The quantitative estimate of drug-likeness (QED) is 0.846. The summed E-state index contributed by atoms with van der Waals surface area (Å²) in [5.41, 5.74) is -0.229. The molecule has 1 aromatic rings. The standard InChI is InChI=1S/C15H28N4O2/c1-14(2,3)19-13(16-11-17-19)8-18-7-12(9-20-6)21-15(4,5)10-18/h11-12H,7-10H2,1-6H3. The molecule has 6 nitrogen and oxygen atoms in total. The highest BCUT2D eigenvalue weighted by Gasteiger charge is 2.34. The first kappa shape index (κ1) is 16.4. The summed E-state index contributed by atoms with van der Waals surface area (Å²) in [6.45, 7) is 13.8. The number of rotatable bonds is 4. The Labute approximate surface area is 127 Å². The number of aromatic nitrogens is 3. The summed E-state index contributed by atoms with van der Waals surface area (Å²) in [4.78, 5) is 6.81.